The van der Waals surface area contributed by atoms with Crippen LogP contribution in [0.5, 0.6) is 5.75 Å². The second kappa shape index (κ2) is 5.73. The lowest BCUT2D eigenvalue weighted by atomic mass is 10.2. The van der Waals surface area contributed by atoms with Gasteiger partial charge in [-0.25, -0.2) is 4.98 Å². The summed E-state index contributed by atoms with van der Waals surface area (Å²) in [5, 5.41) is 1.10. The van der Waals surface area contributed by atoms with Crippen molar-refractivity contribution in [1.82, 2.24) is 4.98 Å². The maximum atomic E-state index is 5.69. The van der Waals surface area contributed by atoms with Gasteiger partial charge < -0.3 is 4.74 Å². The minimum absolute atomic E-state index is 0.551. The van der Waals surface area contributed by atoms with Crippen LogP contribution in [0.25, 0.3) is 10.9 Å². The van der Waals surface area contributed by atoms with Gasteiger partial charge in [0, 0.05) is 16.8 Å². The van der Waals surface area contributed by atoms with E-state index >= 15 is 0 Å². The highest BCUT2D eigenvalue weighted by Gasteiger charge is 2.02. The van der Waals surface area contributed by atoms with E-state index in [9.17, 15) is 0 Å². The van der Waals surface area contributed by atoms with Crippen molar-refractivity contribution >= 4 is 23.5 Å². The van der Waals surface area contributed by atoms with E-state index < -0.39 is 0 Å². The van der Waals surface area contributed by atoms with Crippen molar-refractivity contribution in [2.75, 3.05) is 12.4 Å². The Hall–Kier alpha value is -1.48. The number of hydrogen-bond acceptors (Lipinski definition) is 3. The monoisotopic (exact) mass is 245 g/mol. The summed E-state index contributed by atoms with van der Waals surface area (Å²) >= 11 is 4.10. The number of ether oxygens (including phenoxy) is 1. The zero-order valence-electron chi connectivity index (χ0n) is 9.76. The van der Waals surface area contributed by atoms with E-state index in [0.29, 0.717) is 6.61 Å². The molecule has 1 aromatic carbocycles. The minimum atomic E-state index is 0.551. The molecule has 88 valence electrons. The number of aromatic nitrogens is 1. The van der Waals surface area contributed by atoms with Crippen molar-refractivity contribution < 1.29 is 4.74 Å². The summed E-state index contributed by atoms with van der Waals surface area (Å²) in [6, 6.07) is 10.0. The third-order valence-corrected chi connectivity index (χ3v) is 2.64. The average molecular weight is 245 g/mol. The second-order valence-corrected chi connectivity index (χ2v) is 4.11. The van der Waals surface area contributed by atoms with E-state index in [0.717, 1.165) is 28.1 Å². The number of fused-ring (bicyclic) bond motifs is 1. The number of nitrogens with zero attached hydrogens (tertiary/aromatic N) is 1. The fraction of sp³-hybridized carbons (Fsp3) is 0.214. The quantitative estimate of drug-likeness (QED) is 0.658. The minimum Gasteiger partial charge on any atom is -0.487 e. The summed E-state index contributed by atoms with van der Waals surface area (Å²) in [6.07, 6.45) is 3.93. The van der Waals surface area contributed by atoms with Gasteiger partial charge in [-0.1, -0.05) is 30.4 Å². The second-order valence-electron chi connectivity index (χ2n) is 3.75. The van der Waals surface area contributed by atoms with Gasteiger partial charge in [0.25, 0.3) is 0 Å². The van der Waals surface area contributed by atoms with E-state index in [1.807, 2.05) is 43.3 Å². The molecule has 0 N–H and O–H groups in total. The largest absolute Gasteiger partial charge is 0.487 e. The molecule has 0 saturated carbocycles. The number of thiol groups is 1. The molecular formula is C14H15NOS. The molecule has 1 heterocycles. The molecular weight excluding hydrogens is 230 g/mol. The van der Waals surface area contributed by atoms with Crippen molar-refractivity contribution in [2.45, 2.75) is 6.92 Å². The van der Waals surface area contributed by atoms with Crippen LogP contribution in [0.15, 0.2) is 42.5 Å². The third kappa shape index (κ3) is 3.01. The molecule has 0 aliphatic carbocycles. The normalized spacial score (nSPS) is 11.2. The average Bonchev–Trinajstić information content (AvgIpc) is 2.35. The lowest BCUT2D eigenvalue weighted by molar-refractivity contribution is 0.366. The lowest BCUT2D eigenvalue weighted by Crippen LogP contribution is -1.95. The molecule has 2 rings (SSSR count). The van der Waals surface area contributed by atoms with Gasteiger partial charge in [0.2, 0.25) is 0 Å². The standard InChI is InChI=1S/C14H15NOS/c1-11-7-8-12-5-4-6-13(14(12)15-11)16-9-2-3-10-17/h2-8,17H,9-10H2,1H3. The maximum Gasteiger partial charge on any atom is 0.146 e. The Kier molecular flexibility index (Phi) is 4.04. The number of aryl methyl sites for hydroxylation is 1. The molecule has 0 aliphatic rings. The van der Waals surface area contributed by atoms with Crippen LogP contribution in [0, 0.1) is 6.92 Å². The summed E-state index contributed by atoms with van der Waals surface area (Å²) in [7, 11) is 0. The van der Waals surface area contributed by atoms with Gasteiger partial charge in [0.1, 0.15) is 17.9 Å². The van der Waals surface area contributed by atoms with Crippen molar-refractivity contribution in [2.24, 2.45) is 0 Å². The highest BCUT2D eigenvalue weighted by atomic mass is 32.1. The molecule has 0 atom stereocenters. The van der Waals surface area contributed by atoms with Crippen molar-refractivity contribution in [1.29, 1.82) is 0 Å². The molecule has 0 unspecified atom stereocenters. The molecule has 3 heteroatoms. The van der Waals surface area contributed by atoms with Crippen molar-refractivity contribution in [3.63, 3.8) is 0 Å². The molecule has 0 spiro atoms. The van der Waals surface area contributed by atoms with E-state index in [4.69, 9.17) is 4.74 Å². The van der Waals surface area contributed by atoms with Crippen LogP contribution in [-0.4, -0.2) is 17.3 Å². The fourth-order valence-electron chi connectivity index (χ4n) is 1.61. The van der Waals surface area contributed by atoms with Gasteiger partial charge in [-0.2, -0.15) is 12.6 Å². The van der Waals surface area contributed by atoms with Crippen LogP contribution in [0.3, 0.4) is 0 Å². The first-order valence-corrected chi connectivity index (χ1v) is 6.19. The van der Waals surface area contributed by atoms with Gasteiger partial charge in [-0.3, -0.25) is 0 Å². The van der Waals surface area contributed by atoms with Crippen molar-refractivity contribution in [3.05, 3.63) is 48.2 Å². The van der Waals surface area contributed by atoms with E-state index in [2.05, 4.69) is 23.7 Å². The Bertz CT molecular complexity index is 537. The molecule has 0 bridgehead atoms. The Labute approximate surface area is 107 Å². The van der Waals surface area contributed by atoms with Crippen LogP contribution in [0.1, 0.15) is 5.69 Å². The predicted molar refractivity (Wildman–Crippen MR) is 75.0 cm³/mol. The lowest BCUT2D eigenvalue weighted by Gasteiger charge is -2.07. The number of para-hydroxylation sites is 1. The number of benzene rings is 1. The summed E-state index contributed by atoms with van der Waals surface area (Å²) < 4.78 is 5.69. The number of hydrogen-bond donors (Lipinski definition) is 1. The first-order chi connectivity index (χ1) is 8.31. The first kappa shape index (κ1) is 12.0. The van der Waals surface area contributed by atoms with Crippen LogP contribution in [0.4, 0.5) is 0 Å². The summed E-state index contributed by atoms with van der Waals surface area (Å²) in [6.45, 7) is 2.53. The highest BCUT2D eigenvalue weighted by molar-refractivity contribution is 7.80. The topological polar surface area (TPSA) is 22.1 Å². The van der Waals surface area contributed by atoms with Gasteiger partial charge >= 0.3 is 0 Å². The van der Waals surface area contributed by atoms with Gasteiger partial charge in [0.05, 0.1) is 0 Å². The molecule has 0 amide bonds. The number of pyridine rings is 1. The van der Waals surface area contributed by atoms with Crippen LogP contribution >= 0.6 is 12.6 Å². The van der Waals surface area contributed by atoms with Gasteiger partial charge in [-0.15, -0.1) is 0 Å². The Morgan fingerprint density at radius 3 is 2.94 bits per heavy atom. The third-order valence-electron chi connectivity index (χ3n) is 2.43. The Morgan fingerprint density at radius 2 is 2.12 bits per heavy atom. The zero-order valence-corrected chi connectivity index (χ0v) is 10.7. The van der Waals surface area contributed by atoms with Crippen LogP contribution in [0.2, 0.25) is 0 Å². The molecule has 1 aromatic heterocycles. The maximum absolute atomic E-state index is 5.69. The molecule has 0 fully saturated rings. The van der Waals surface area contributed by atoms with E-state index in [1.54, 1.807) is 0 Å². The van der Waals surface area contributed by atoms with E-state index in [1.165, 1.54) is 0 Å². The molecule has 0 radical (unpaired) electrons. The SMILES string of the molecule is Cc1ccc2cccc(OCC=CCS)c2n1. The van der Waals surface area contributed by atoms with Crippen molar-refractivity contribution in [3.8, 4) is 5.75 Å². The molecule has 0 saturated heterocycles. The van der Waals surface area contributed by atoms with Gasteiger partial charge in [0.15, 0.2) is 0 Å². The van der Waals surface area contributed by atoms with Crippen LogP contribution in [-0.2, 0) is 0 Å². The highest BCUT2D eigenvalue weighted by Crippen LogP contribution is 2.23. The molecule has 2 nitrogen and oxygen atoms in total. The summed E-state index contributed by atoms with van der Waals surface area (Å²) in [5.74, 6) is 1.56. The Morgan fingerprint density at radius 1 is 1.24 bits per heavy atom. The Balaban J connectivity index is 2.27. The summed E-state index contributed by atoms with van der Waals surface area (Å²) in [5.41, 5.74) is 1.92. The molecule has 2 aromatic rings. The van der Waals surface area contributed by atoms with Gasteiger partial charge in [-0.05, 0) is 19.1 Å². The molecule has 0 aliphatic heterocycles. The predicted octanol–water partition coefficient (Wildman–Crippen LogP) is 3.41. The first-order valence-electron chi connectivity index (χ1n) is 5.56. The summed E-state index contributed by atoms with van der Waals surface area (Å²) in [4.78, 5) is 4.51. The smallest absolute Gasteiger partial charge is 0.146 e. The van der Waals surface area contributed by atoms with E-state index in [-0.39, 0.29) is 0 Å². The van der Waals surface area contributed by atoms with Crippen LogP contribution < -0.4 is 4.74 Å². The fourth-order valence-corrected chi connectivity index (χ4v) is 1.76. The molecule has 17 heavy (non-hydrogen) atoms. The number of rotatable bonds is 4. The zero-order chi connectivity index (χ0) is 12.1.